The first-order chi connectivity index (χ1) is 8.72. The van der Waals surface area contributed by atoms with E-state index in [1.807, 2.05) is 6.92 Å². The van der Waals surface area contributed by atoms with Gasteiger partial charge in [0, 0.05) is 12.6 Å². The smallest absolute Gasteiger partial charge is 0.341 e. The van der Waals surface area contributed by atoms with Crippen molar-refractivity contribution in [2.24, 2.45) is 0 Å². The van der Waals surface area contributed by atoms with Crippen LogP contribution in [0.5, 0.6) is 0 Å². The molecule has 0 atom stereocenters. The topological polar surface area (TPSA) is 83.0 Å². The van der Waals surface area contributed by atoms with Gasteiger partial charge in [-0.1, -0.05) is 6.92 Å². The Bertz CT molecular complexity index is 532. The molecule has 2 rings (SSSR count). The van der Waals surface area contributed by atoms with Gasteiger partial charge in [-0.2, -0.15) is 5.10 Å². The molecule has 0 bridgehead atoms. The number of hydrogen-bond acceptors (Lipinski definition) is 6. The molecule has 18 heavy (non-hydrogen) atoms. The highest BCUT2D eigenvalue weighted by molar-refractivity contribution is 5.88. The lowest BCUT2D eigenvalue weighted by Gasteiger charge is -1.97. The molecule has 0 fully saturated rings. The van der Waals surface area contributed by atoms with E-state index in [0.717, 1.165) is 0 Å². The summed E-state index contributed by atoms with van der Waals surface area (Å²) in [4.78, 5) is 11.4. The highest BCUT2D eigenvalue weighted by Crippen LogP contribution is 2.05. The Morgan fingerprint density at radius 2 is 2.17 bits per heavy atom. The number of aryl methyl sites for hydroxylation is 1. The standard InChI is InChI=1S/C11H14N4O3/c1-3-9-13-14-10(18-9)7-15-6-8(5-12-15)11(16)17-4-2/h5-6H,3-4,7H2,1-2H3. The van der Waals surface area contributed by atoms with E-state index in [1.165, 1.54) is 6.20 Å². The van der Waals surface area contributed by atoms with Crippen molar-refractivity contribution >= 4 is 5.97 Å². The maximum Gasteiger partial charge on any atom is 0.341 e. The normalized spacial score (nSPS) is 10.6. The minimum absolute atomic E-state index is 0.340. The number of carbonyl (C=O) groups excluding carboxylic acids is 1. The maximum atomic E-state index is 11.4. The van der Waals surface area contributed by atoms with Crippen LogP contribution in [-0.2, 0) is 17.7 Å². The van der Waals surface area contributed by atoms with Crippen LogP contribution < -0.4 is 0 Å². The summed E-state index contributed by atoms with van der Waals surface area (Å²) in [6.45, 7) is 4.37. The van der Waals surface area contributed by atoms with Crippen LogP contribution in [0.4, 0.5) is 0 Å². The van der Waals surface area contributed by atoms with Crippen molar-refractivity contribution in [1.29, 1.82) is 0 Å². The lowest BCUT2D eigenvalue weighted by atomic mass is 10.4. The molecule has 0 N–H and O–H groups in total. The fourth-order valence-electron chi connectivity index (χ4n) is 1.40. The monoisotopic (exact) mass is 250 g/mol. The first-order valence-corrected chi connectivity index (χ1v) is 5.73. The van der Waals surface area contributed by atoms with Gasteiger partial charge in [-0.15, -0.1) is 10.2 Å². The number of ether oxygens (including phenoxy) is 1. The molecular weight excluding hydrogens is 236 g/mol. The Hall–Kier alpha value is -2.18. The van der Waals surface area contributed by atoms with E-state index in [0.29, 0.717) is 36.9 Å². The Labute approximate surface area is 104 Å². The molecule has 0 unspecified atom stereocenters. The van der Waals surface area contributed by atoms with Crippen molar-refractivity contribution in [3.63, 3.8) is 0 Å². The molecular formula is C11H14N4O3. The van der Waals surface area contributed by atoms with E-state index < -0.39 is 0 Å². The third-order valence-corrected chi connectivity index (χ3v) is 2.25. The van der Waals surface area contributed by atoms with E-state index >= 15 is 0 Å². The summed E-state index contributed by atoms with van der Waals surface area (Å²) < 4.78 is 11.8. The number of rotatable bonds is 5. The van der Waals surface area contributed by atoms with Gasteiger partial charge in [0.2, 0.25) is 11.8 Å². The fourth-order valence-corrected chi connectivity index (χ4v) is 1.40. The quantitative estimate of drug-likeness (QED) is 0.738. The van der Waals surface area contributed by atoms with Gasteiger partial charge in [-0.05, 0) is 6.92 Å². The maximum absolute atomic E-state index is 11.4. The van der Waals surface area contributed by atoms with E-state index in [1.54, 1.807) is 17.8 Å². The molecule has 7 heteroatoms. The number of aromatic nitrogens is 4. The molecule has 0 amide bonds. The molecule has 2 aromatic heterocycles. The van der Waals surface area contributed by atoms with Crippen molar-refractivity contribution in [1.82, 2.24) is 20.0 Å². The first-order valence-electron chi connectivity index (χ1n) is 5.73. The van der Waals surface area contributed by atoms with Crippen LogP contribution in [0.1, 0.15) is 36.0 Å². The summed E-state index contributed by atoms with van der Waals surface area (Å²) in [6.07, 6.45) is 3.74. The highest BCUT2D eigenvalue weighted by atomic mass is 16.5. The van der Waals surface area contributed by atoms with Gasteiger partial charge in [0.15, 0.2) is 0 Å². The third kappa shape index (κ3) is 2.73. The minimum atomic E-state index is -0.386. The van der Waals surface area contributed by atoms with E-state index in [9.17, 15) is 4.79 Å². The molecule has 96 valence electrons. The van der Waals surface area contributed by atoms with Gasteiger partial charge in [0.05, 0.1) is 18.4 Å². The second-order valence-corrected chi connectivity index (χ2v) is 3.59. The minimum Gasteiger partial charge on any atom is -0.462 e. The molecule has 2 aromatic rings. The molecule has 0 aliphatic rings. The number of hydrogen-bond donors (Lipinski definition) is 0. The third-order valence-electron chi connectivity index (χ3n) is 2.25. The van der Waals surface area contributed by atoms with Gasteiger partial charge in [0.25, 0.3) is 0 Å². The Morgan fingerprint density at radius 1 is 1.39 bits per heavy atom. The van der Waals surface area contributed by atoms with Crippen LogP contribution in [0.3, 0.4) is 0 Å². The van der Waals surface area contributed by atoms with E-state index in [4.69, 9.17) is 9.15 Å². The summed E-state index contributed by atoms with van der Waals surface area (Å²) in [5, 5.41) is 11.8. The number of esters is 1. The SMILES string of the molecule is CCOC(=O)c1cnn(Cc2nnc(CC)o2)c1. The van der Waals surface area contributed by atoms with E-state index in [-0.39, 0.29) is 5.97 Å². The van der Waals surface area contributed by atoms with Crippen LogP contribution in [0.15, 0.2) is 16.8 Å². The summed E-state index contributed by atoms with van der Waals surface area (Å²) in [5.74, 6) is 0.664. The van der Waals surface area contributed by atoms with Gasteiger partial charge < -0.3 is 9.15 Å². The summed E-state index contributed by atoms with van der Waals surface area (Å²) >= 11 is 0. The Balaban J connectivity index is 2.04. The second kappa shape index (κ2) is 5.44. The predicted octanol–water partition coefficient (Wildman–Crippen LogP) is 1.05. The number of carbonyl (C=O) groups is 1. The zero-order chi connectivity index (χ0) is 13.0. The molecule has 7 nitrogen and oxygen atoms in total. The Kier molecular flexibility index (Phi) is 3.71. The summed E-state index contributed by atoms with van der Waals surface area (Å²) in [5.41, 5.74) is 0.409. The average Bonchev–Trinajstić information content (AvgIpc) is 2.99. The van der Waals surface area contributed by atoms with Crippen molar-refractivity contribution < 1.29 is 13.9 Å². The fraction of sp³-hybridized carbons (Fsp3) is 0.455. The molecule has 0 saturated carbocycles. The molecule has 0 spiro atoms. The average molecular weight is 250 g/mol. The zero-order valence-corrected chi connectivity index (χ0v) is 10.3. The molecule has 0 aromatic carbocycles. The van der Waals surface area contributed by atoms with Gasteiger partial charge in [-0.25, -0.2) is 4.79 Å². The lowest BCUT2D eigenvalue weighted by molar-refractivity contribution is 0.0526. The molecule has 0 aliphatic carbocycles. The van der Waals surface area contributed by atoms with Crippen LogP contribution in [0, 0.1) is 0 Å². The zero-order valence-electron chi connectivity index (χ0n) is 10.3. The van der Waals surface area contributed by atoms with Crippen LogP contribution in [-0.4, -0.2) is 32.6 Å². The largest absolute Gasteiger partial charge is 0.462 e. The second-order valence-electron chi connectivity index (χ2n) is 3.59. The van der Waals surface area contributed by atoms with Gasteiger partial charge in [0.1, 0.15) is 6.54 Å². The van der Waals surface area contributed by atoms with Crippen molar-refractivity contribution in [3.05, 3.63) is 29.7 Å². The van der Waals surface area contributed by atoms with E-state index in [2.05, 4.69) is 15.3 Å². The molecule has 0 radical (unpaired) electrons. The molecule has 0 saturated heterocycles. The van der Waals surface area contributed by atoms with Crippen LogP contribution in [0.25, 0.3) is 0 Å². The molecule has 0 aliphatic heterocycles. The predicted molar refractivity (Wildman–Crippen MR) is 61.0 cm³/mol. The molecule has 2 heterocycles. The van der Waals surface area contributed by atoms with Crippen molar-refractivity contribution in [3.8, 4) is 0 Å². The van der Waals surface area contributed by atoms with Crippen LogP contribution in [0.2, 0.25) is 0 Å². The van der Waals surface area contributed by atoms with Crippen molar-refractivity contribution in [2.75, 3.05) is 6.61 Å². The van der Waals surface area contributed by atoms with Crippen LogP contribution >= 0.6 is 0 Å². The highest BCUT2D eigenvalue weighted by Gasteiger charge is 2.11. The summed E-state index contributed by atoms with van der Waals surface area (Å²) in [6, 6.07) is 0. The summed E-state index contributed by atoms with van der Waals surface area (Å²) in [7, 11) is 0. The lowest BCUT2D eigenvalue weighted by Crippen LogP contribution is -2.04. The number of nitrogens with zero attached hydrogens (tertiary/aromatic N) is 4. The van der Waals surface area contributed by atoms with Crippen molar-refractivity contribution in [2.45, 2.75) is 26.8 Å². The Morgan fingerprint density at radius 3 is 2.83 bits per heavy atom. The van der Waals surface area contributed by atoms with Gasteiger partial charge in [-0.3, -0.25) is 4.68 Å². The van der Waals surface area contributed by atoms with Gasteiger partial charge >= 0.3 is 5.97 Å². The first kappa shape index (κ1) is 12.3.